The second kappa shape index (κ2) is 5.15. The van der Waals surface area contributed by atoms with Crippen molar-refractivity contribution in [2.45, 2.75) is 0 Å². The molecule has 0 atom stereocenters. The highest BCUT2D eigenvalue weighted by atomic mass is 32.1. The molecule has 0 saturated carbocycles. The van der Waals surface area contributed by atoms with E-state index in [1.54, 1.807) is 0 Å². The van der Waals surface area contributed by atoms with Crippen molar-refractivity contribution >= 4 is 40.3 Å². The SMILES string of the molecule is NC(=S)c1cc(NC(=O)c2cnns2)ccc1F. The summed E-state index contributed by atoms with van der Waals surface area (Å²) >= 11 is 5.68. The number of nitrogens with one attached hydrogen (secondary N) is 1. The molecule has 0 aliphatic heterocycles. The standard InChI is InChI=1S/C10H7FN4OS2/c11-7-2-1-5(3-6(7)9(12)17)14-10(16)8-4-13-15-18-8/h1-4H,(H2,12,17)(H,14,16). The van der Waals surface area contributed by atoms with Gasteiger partial charge >= 0.3 is 0 Å². The van der Waals surface area contributed by atoms with E-state index in [2.05, 4.69) is 14.9 Å². The molecule has 5 nitrogen and oxygen atoms in total. The monoisotopic (exact) mass is 282 g/mol. The normalized spacial score (nSPS) is 10.1. The maximum atomic E-state index is 13.3. The lowest BCUT2D eigenvalue weighted by Gasteiger charge is -2.06. The molecule has 92 valence electrons. The van der Waals surface area contributed by atoms with Crippen molar-refractivity contribution in [1.29, 1.82) is 0 Å². The molecule has 1 aromatic carbocycles. The van der Waals surface area contributed by atoms with E-state index in [1.165, 1.54) is 24.4 Å². The molecule has 2 rings (SSSR count). The summed E-state index contributed by atoms with van der Waals surface area (Å²) in [6.45, 7) is 0. The van der Waals surface area contributed by atoms with Crippen LogP contribution in [-0.4, -0.2) is 20.5 Å². The van der Waals surface area contributed by atoms with Crippen LogP contribution in [0.5, 0.6) is 0 Å². The van der Waals surface area contributed by atoms with E-state index < -0.39 is 5.82 Å². The van der Waals surface area contributed by atoms with Gasteiger partial charge in [-0.3, -0.25) is 4.79 Å². The van der Waals surface area contributed by atoms with Crippen molar-refractivity contribution in [3.63, 3.8) is 0 Å². The van der Waals surface area contributed by atoms with Gasteiger partial charge in [-0.15, -0.1) is 5.10 Å². The quantitative estimate of drug-likeness (QED) is 0.835. The first kappa shape index (κ1) is 12.5. The fourth-order valence-corrected chi connectivity index (χ4v) is 1.82. The van der Waals surface area contributed by atoms with Crippen LogP contribution >= 0.6 is 23.8 Å². The summed E-state index contributed by atoms with van der Waals surface area (Å²) < 4.78 is 16.9. The molecule has 1 amide bonds. The summed E-state index contributed by atoms with van der Waals surface area (Å²) in [7, 11) is 0. The zero-order chi connectivity index (χ0) is 13.1. The lowest BCUT2D eigenvalue weighted by atomic mass is 10.2. The van der Waals surface area contributed by atoms with Crippen molar-refractivity contribution < 1.29 is 9.18 Å². The molecule has 0 aliphatic rings. The molecule has 1 aromatic heterocycles. The summed E-state index contributed by atoms with van der Waals surface area (Å²) in [5.41, 5.74) is 5.86. The first-order valence-electron chi connectivity index (χ1n) is 4.76. The molecule has 2 aromatic rings. The van der Waals surface area contributed by atoms with Gasteiger partial charge in [0, 0.05) is 11.3 Å². The maximum absolute atomic E-state index is 13.3. The Kier molecular flexibility index (Phi) is 3.58. The fraction of sp³-hybridized carbons (Fsp3) is 0. The van der Waals surface area contributed by atoms with E-state index in [4.69, 9.17) is 18.0 Å². The van der Waals surface area contributed by atoms with Gasteiger partial charge in [-0.25, -0.2) is 4.39 Å². The lowest BCUT2D eigenvalue weighted by Crippen LogP contribution is -2.14. The Labute approximate surface area is 111 Å². The number of anilines is 1. The van der Waals surface area contributed by atoms with E-state index in [1.807, 2.05) is 0 Å². The van der Waals surface area contributed by atoms with Crippen LogP contribution < -0.4 is 11.1 Å². The molecule has 3 N–H and O–H groups in total. The van der Waals surface area contributed by atoms with Crippen LogP contribution in [-0.2, 0) is 0 Å². The van der Waals surface area contributed by atoms with Gasteiger partial charge in [0.15, 0.2) is 0 Å². The van der Waals surface area contributed by atoms with Crippen LogP contribution in [0.2, 0.25) is 0 Å². The minimum Gasteiger partial charge on any atom is -0.389 e. The van der Waals surface area contributed by atoms with Crippen molar-refractivity contribution in [3.8, 4) is 0 Å². The Balaban J connectivity index is 2.22. The van der Waals surface area contributed by atoms with Crippen molar-refractivity contribution in [1.82, 2.24) is 9.59 Å². The smallest absolute Gasteiger partial charge is 0.269 e. The highest BCUT2D eigenvalue weighted by Crippen LogP contribution is 2.16. The second-order valence-corrected chi connectivity index (χ2v) is 4.52. The molecule has 18 heavy (non-hydrogen) atoms. The maximum Gasteiger partial charge on any atom is 0.269 e. The Hall–Kier alpha value is -1.93. The van der Waals surface area contributed by atoms with Gasteiger partial charge in [-0.1, -0.05) is 16.7 Å². The predicted molar refractivity (Wildman–Crippen MR) is 70.1 cm³/mol. The number of carbonyl (C=O) groups excluding carboxylic acids is 1. The Morgan fingerprint density at radius 2 is 2.28 bits per heavy atom. The van der Waals surface area contributed by atoms with E-state index in [9.17, 15) is 9.18 Å². The van der Waals surface area contributed by atoms with Crippen LogP contribution in [0, 0.1) is 5.82 Å². The van der Waals surface area contributed by atoms with Gasteiger partial charge < -0.3 is 11.1 Å². The highest BCUT2D eigenvalue weighted by molar-refractivity contribution is 7.80. The number of hydrogen-bond acceptors (Lipinski definition) is 5. The third kappa shape index (κ3) is 2.66. The zero-order valence-corrected chi connectivity index (χ0v) is 10.5. The summed E-state index contributed by atoms with van der Waals surface area (Å²) in [6.07, 6.45) is 1.35. The van der Waals surface area contributed by atoms with Gasteiger partial charge in [-0.05, 0) is 29.7 Å². The number of aromatic nitrogens is 2. The van der Waals surface area contributed by atoms with Crippen LogP contribution in [0.1, 0.15) is 15.2 Å². The predicted octanol–water partition coefficient (Wildman–Crippen LogP) is 1.56. The van der Waals surface area contributed by atoms with E-state index in [-0.39, 0.29) is 16.5 Å². The summed E-state index contributed by atoms with van der Waals surface area (Å²) in [4.78, 5) is 12.0. The van der Waals surface area contributed by atoms with Gasteiger partial charge in [0.05, 0.1) is 6.20 Å². The minimum atomic E-state index is -0.528. The number of nitrogens with two attached hydrogens (primary N) is 1. The van der Waals surface area contributed by atoms with Crippen molar-refractivity contribution in [2.24, 2.45) is 5.73 Å². The van der Waals surface area contributed by atoms with Crippen LogP contribution in [0.3, 0.4) is 0 Å². The molecule has 0 bridgehead atoms. The topological polar surface area (TPSA) is 80.9 Å². The summed E-state index contributed by atoms with van der Waals surface area (Å²) in [5, 5.41) is 6.13. The Morgan fingerprint density at radius 1 is 1.50 bits per heavy atom. The first-order valence-corrected chi connectivity index (χ1v) is 5.94. The average Bonchev–Trinajstić information content (AvgIpc) is 2.85. The minimum absolute atomic E-state index is 0.0666. The van der Waals surface area contributed by atoms with E-state index >= 15 is 0 Å². The van der Waals surface area contributed by atoms with Crippen molar-refractivity contribution in [3.05, 3.63) is 40.7 Å². The third-order valence-electron chi connectivity index (χ3n) is 2.07. The Morgan fingerprint density at radius 3 is 2.89 bits per heavy atom. The first-order chi connectivity index (χ1) is 8.58. The number of thiocarbonyl (C=S) groups is 1. The largest absolute Gasteiger partial charge is 0.389 e. The molecule has 1 heterocycles. The molecule has 0 fully saturated rings. The summed E-state index contributed by atoms with van der Waals surface area (Å²) in [6, 6.07) is 3.99. The van der Waals surface area contributed by atoms with E-state index in [0.29, 0.717) is 10.6 Å². The number of carbonyl (C=O) groups is 1. The number of rotatable bonds is 3. The number of nitrogens with zero attached hydrogens (tertiary/aromatic N) is 2. The number of halogens is 1. The second-order valence-electron chi connectivity index (χ2n) is 3.29. The number of hydrogen-bond donors (Lipinski definition) is 2. The molecule has 0 aliphatic carbocycles. The van der Waals surface area contributed by atoms with Gasteiger partial charge in [0.25, 0.3) is 5.91 Å². The molecule has 0 unspecified atom stereocenters. The fourth-order valence-electron chi connectivity index (χ4n) is 1.25. The van der Waals surface area contributed by atoms with E-state index in [0.717, 1.165) is 11.5 Å². The Bertz CT molecular complexity index is 600. The van der Waals surface area contributed by atoms with Crippen LogP contribution in [0.25, 0.3) is 0 Å². The molecule has 0 spiro atoms. The van der Waals surface area contributed by atoms with Crippen molar-refractivity contribution in [2.75, 3.05) is 5.32 Å². The zero-order valence-electron chi connectivity index (χ0n) is 8.88. The molecule has 0 radical (unpaired) electrons. The number of amides is 1. The van der Waals surface area contributed by atoms with Gasteiger partial charge in [-0.2, -0.15) is 0 Å². The van der Waals surface area contributed by atoms with Crippen LogP contribution in [0.4, 0.5) is 10.1 Å². The van der Waals surface area contributed by atoms with Gasteiger partial charge in [0.1, 0.15) is 15.7 Å². The molecular formula is C10H7FN4OS2. The molecular weight excluding hydrogens is 275 g/mol. The third-order valence-corrected chi connectivity index (χ3v) is 2.96. The molecule has 0 saturated heterocycles. The lowest BCUT2D eigenvalue weighted by molar-refractivity contribution is 0.103. The van der Waals surface area contributed by atoms with Crippen LogP contribution in [0.15, 0.2) is 24.4 Å². The molecule has 8 heteroatoms. The number of benzene rings is 1. The average molecular weight is 282 g/mol. The summed E-state index contributed by atoms with van der Waals surface area (Å²) in [5.74, 6) is -0.898. The highest BCUT2D eigenvalue weighted by Gasteiger charge is 2.11. The van der Waals surface area contributed by atoms with Gasteiger partial charge in [0.2, 0.25) is 0 Å².